The van der Waals surface area contributed by atoms with Crippen LogP contribution < -0.4 is 10.2 Å². The predicted molar refractivity (Wildman–Crippen MR) is 79.3 cm³/mol. The highest BCUT2D eigenvalue weighted by Crippen LogP contribution is 2.29. The van der Waals surface area contributed by atoms with Gasteiger partial charge in [0.2, 0.25) is 0 Å². The summed E-state index contributed by atoms with van der Waals surface area (Å²) in [5.74, 6) is 0. The summed E-state index contributed by atoms with van der Waals surface area (Å²) < 4.78 is 0. The molecule has 2 nitrogen and oxygen atoms in total. The Bertz CT molecular complexity index is 367. The van der Waals surface area contributed by atoms with Gasteiger partial charge < -0.3 is 10.2 Å². The van der Waals surface area contributed by atoms with Gasteiger partial charge in [-0.05, 0) is 58.2 Å². The van der Waals surface area contributed by atoms with Crippen molar-refractivity contribution in [3.8, 4) is 0 Å². The molecule has 0 amide bonds. The van der Waals surface area contributed by atoms with Crippen LogP contribution >= 0.6 is 0 Å². The minimum atomic E-state index is 0.723. The molecule has 0 aromatic heterocycles. The lowest BCUT2D eigenvalue weighted by Gasteiger charge is -2.38. The molecule has 0 bridgehead atoms. The fraction of sp³-hybridized carbons (Fsp3) is 0.625. The lowest BCUT2D eigenvalue weighted by atomic mass is 9.89. The van der Waals surface area contributed by atoms with Gasteiger partial charge in [0.25, 0.3) is 0 Å². The lowest BCUT2D eigenvalue weighted by Crippen LogP contribution is -2.42. The first-order valence-electron chi connectivity index (χ1n) is 7.25. The Kier molecular flexibility index (Phi) is 4.65. The fourth-order valence-electron chi connectivity index (χ4n) is 3.19. The number of aryl methyl sites for hydroxylation is 1. The molecule has 1 aliphatic carbocycles. The van der Waals surface area contributed by atoms with Crippen molar-refractivity contribution in [3.05, 3.63) is 29.8 Å². The van der Waals surface area contributed by atoms with Gasteiger partial charge in [-0.1, -0.05) is 18.2 Å². The zero-order chi connectivity index (χ0) is 13.0. The van der Waals surface area contributed by atoms with E-state index in [1.807, 2.05) is 0 Å². The van der Waals surface area contributed by atoms with E-state index in [1.165, 1.54) is 36.9 Å². The average Bonchev–Trinajstić information content (AvgIpc) is 2.42. The molecule has 0 saturated heterocycles. The van der Waals surface area contributed by atoms with Gasteiger partial charge >= 0.3 is 0 Å². The normalized spacial score (nSPS) is 23.9. The molecule has 1 aromatic carbocycles. The van der Waals surface area contributed by atoms with Crippen LogP contribution in [0.25, 0.3) is 0 Å². The zero-order valence-electron chi connectivity index (χ0n) is 11.9. The predicted octanol–water partition coefficient (Wildman–Crippen LogP) is 3.35. The SMILES string of the molecule is CCN(c1ccccc1C)C1CCC(NC)CC1. The summed E-state index contributed by atoms with van der Waals surface area (Å²) in [6.07, 6.45) is 5.24. The third kappa shape index (κ3) is 2.86. The van der Waals surface area contributed by atoms with Gasteiger partial charge in [0.15, 0.2) is 0 Å². The molecular formula is C16H26N2. The Hall–Kier alpha value is -1.02. The first-order chi connectivity index (χ1) is 8.76. The largest absolute Gasteiger partial charge is 0.369 e. The molecule has 1 saturated carbocycles. The van der Waals surface area contributed by atoms with Gasteiger partial charge in [0, 0.05) is 24.3 Å². The Morgan fingerprint density at radius 3 is 2.39 bits per heavy atom. The summed E-state index contributed by atoms with van der Waals surface area (Å²) in [5, 5.41) is 3.41. The maximum atomic E-state index is 3.41. The number of hydrogen-bond acceptors (Lipinski definition) is 2. The van der Waals surface area contributed by atoms with Gasteiger partial charge in [-0.3, -0.25) is 0 Å². The highest BCUT2D eigenvalue weighted by Gasteiger charge is 2.24. The maximum Gasteiger partial charge on any atom is 0.0398 e. The highest BCUT2D eigenvalue weighted by molar-refractivity contribution is 5.53. The van der Waals surface area contributed by atoms with Crippen LogP contribution in [0, 0.1) is 6.92 Å². The molecule has 1 N–H and O–H groups in total. The van der Waals surface area contributed by atoms with E-state index < -0.39 is 0 Å². The molecule has 1 aromatic rings. The third-order valence-corrected chi connectivity index (χ3v) is 4.31. The second kappa shape index (κ2) is 6.24. The van der Waals surface area contributed by atoms with Crippen molar-refractivity contribution in [2.45, 2.75) is 51.6 Å². The van der Waals surface area contributed by atoms with Crippen molar-refractivity contribution in [2.24, 2.45) is 0 Å². The summed E-state index contributed by atoms with van der Waals surface area (Å²) >= 11 is 0. The standard InChI is InChI=1S/C16H26N2/c1-4-18(16-8-6-5-7-13(16)2)15-11-9-14(17-3)10-12-15/h5-8,14-15,17H,4,9-12H2,1-3H3. The number of nitrogens with one attached hydrogen (secondary N) is 1. The van der Waals surface area contributed by atoms with Crippen LogP contribution in [-0.2, 0) is 0 Å². The molecule has 2 heteroatoms. The second-order valence-corrected chi connectivity index (χ2v) is 5.37. The van der Waals surface area contributed by atoms with E-state index in [2.05, 4.69) is 55.4 Å². The van der Waals surface area contributed by atoms with Crippen LogP contribution in [0.3, 0.4) is 0 Å². The number of para-hydroxylation sites is 1. The van der Waals surface area contributed by atoms with Crippen molar-refractivity contribution in [3.63, 3.8) is 0 Å². The number of benzene rings is 1. The van der Waals surface area contributed by atoms with E-state index in [-0.39, 0.29) is 0 Å². The second-order valence-electron chi connectivity index (χ2n) is 5.37. The Morgan fingerprint density at radius 2 is 1.83 bits per heavy atom. The average molecular weight is 246 g/mol. The van der Waals surface area contributed by atoms with E-state index in [1.54, 1.807) is 0 Å². The van der Waals surface area contributed by atoms with E-state index in [4.69, 9.17) is 0 Å². The Balaban J connectivity index is 2.08. The minimum absolute atomic E-state index is 0.723. The molecule has 18 heavy (non-hydrogen) atoms. The minimum Gasteiger partial charge on any atom is -0.369 e. The number of nitrogens with zero attached hydrogens (tertiary/aromatic N) is 1. The van der Waals surface area contributed by atoms with Crippen LogP contribution in [0.2, 0.25) is 0 Å². The molecule has 0 spiro atoms. The first kappa shape index (κ1) is 13.4. The van der Waals surface area contributed by atoms with Crippen LogP contribution in [-0.4, -0.2) is 25.7 Å². The van der Waals surface area contributed by atoms with Gasteiger partial charge in [-0.25, -0.2) is 0 Å². The molecule has 0 heterocycles. The summed E-state index contributed by atoms with van der Waals surface area (Å²) in [4.78, 5) is 2.60. The van der Waals surface area contributed by atoms with Crippen molar-refractivity contribution in [2.75, 3.05) is 18.5 Å². The van der Waals surface area contributed by atoms with Gasteiger partial charge in [0.1, 0.15) is 0 Å². The molecule has 0 radical (unpaired) electrons. The molecule has 1 fully saturated rings. The van der Waals surface area contributed by atoms with Crippen molar-refractivity contribution in [1.29, 1.82) is 0 Å². The van der Waals surface area contributed by atoms with Crippen LogP contribution in [0.15, 0.2) is 24.3 Å². The maximum absolute atomic E-state index is 3.41. The summed E-state index contributed by atoms with van der Waals surface area (Å²) in [5.41, 5.74) is 2.82. The number of hydrogen-bond donors (Lipinski definition) is 1. The smallest absolute Gasteiger partial charge is 0.0398 e. The van der Waals surface area contributed by atoms with Gasteiger partial charge in [-0.15, -0.1) is 0 Å². The first-order valence-corrected chi connectivity index (χ1v) is 7.25. The molecule has 0 atom stereocenters. The van der Waals surface area contributed by atoms with Gasteiger partial charge in [0.05, 0.1) is 0 Å². The lowest BCUT2D eigenvalue weighted by molar-refractivity contribution is 0.346. The monoisotopic (exact) mass is 246 g/mol. The number of rotatable bonds is 4. The van der Waals surface area contributed by atoms with Crippen LogP contribution in [0.5, 0.6) is 0 Å². The molecule has 0 aliphatic heterocycles. The Morgan fingerprint density at radius 1 is 1.17 bits per heavy atom. The van der Waals surface area contributed by atoms with Crippen molar-refractivity contribution in [1.82, 2.24) is 5.32 Å². The van der Waals surface area contributed by atoms with E-state index in [0.29, 0.717) is 0 Å². The summed E-state index contributed by atoms with van der Waals surface area (Å²) in [7, 11) is 2.09. The Labute approximate surface area is 111 Å². The topological polar surface area (TPSA) is 15.3 Å². The third-order valence-electron chi connectivity index (χ3n) is 4.31. The highest BCUT2D eigenvalue weighted by atomic mass is 15.2. The molecule has 1 aliphatic rings. The number of anilines is 1. The molecule has 100 valence electrons. The zero-order valence-corrected chi connectivity index (χ0v) is 11.9. The fourth-order valence-corrected chi connectivity index (χ4v) is 3.19. The van der Waals surface area contributed by atoms with Crippen LogP contribution in [0.4, 0.5) is 5.69 Å². The van der Waals surface area contributed by atoms with Crippen LogP contribution in [0.1, 0.15) is 38.2 Å². The van der Waals surface area contributed by atoms with Gasteiger partial charge in [-0.2, -0.15) is 0 Å². The van der Waals surface area contributed by atoms with E-state index >= 15 is 0 Å². The van der Waals surface area contributed by atoms with E-state index in [9.17, 15) is 0 Å². The quantitative estimate of drug-likeness (QED) is 0.876. The van der Waals surface area contributed by atoms with E-state index in [0.717, 1.165) is 18.6 Å². The summed E-state index contributed by atoms with van der Waals surface area (Å²) in [6.45, 7) is 5.60. The molecule has 0 unspecified atom stereocenters. The molecular weight excluding hydrogens is 220 g/mol. The molecule has 2 rings (SSSR count). The summed E-state index contributed by atoms with van der Waals surface area (Å²) in [6, 6.07) is 10.2. The van der Waals surface area contributed by atoms with Crippen molar-refractivity contribution < 1.29 is 0 Å². The van der Waals surface area contributed by atoms with Crippen molar-refractivity contribution >= 4 is 5.69 Å².